The number of rotatable bonds is 4. The molecule has 2 aliphatic rings. The first-order chi connectivity index (χ1) is 11.0. The van der Waals surface area contributed by atoms with E-state index in [1.807, 2.05) is 0 Å². The molecule has 5 heteroatoms. The van der Waals surface area contributed by atoms with Crippen LogP contribution in [-0.4, -0.2) is 8.07 Å². The van der Waals surface area contributed by atoms with Crippen LogP contribution in [0.2, 0.25) is 12.1 Å². The molecule has 0 saturated heterocycles. The second-order valence-electron chi connectivity index (χ2n) is 7.77. The van der Waals surface area contributed by atoms with Gasteiger partial charge < -0.3 is 37.2 Å². The van der Waals surface area contributed by atoms with Gasteiger partial charge in [-0.05, 0) is 0 Å². The summed E-state index contributed by atoms with van der Waals surface area (Å²) >= 11 is 2.36. The zero-order valence-corrected chi connectivity index (χ0v) is 20.8. The van der Waals surface area contributed by atoms with Gasteiger partial charge in [0.2, 0.25) is 0 Å². The van der Waals surface area contributed by atoms with Crippen molar-refractivity contribution in [2.24, 2.45) is 5.92 Å². The van der Waals surface area contributed by atoms with Gasteiger partial charge >= 0.3 is 155 Å². The van der Waals surface area contributed by atoms with Crippen LogP contribution in [-0.2, 0) is 20.4 Å². The second-order valence-corrected chi connectivity index (χ2v) is 13.1. The summed E-state index contributed by atoms with van der Waals surface area (Å²) in [7, 11) is -1.66. The van der Waals surface area contributed by atoms with E-state index < -0.39 is 8.07 Å². The molecule has 3 rings (SSSR count). The largest absolute Gasteiger partial charge is 1.00 e. The van der Waals surface area contributed by atoms with Crippen LogP contribution in [0.3, 0.4) is 0 Å². The summed E-state index contributed by atoms with van der Waals surface area (Å²) in [5.41, 5.74) is 2.62. The van der Waals surface area contributed by atoms with Crippen LogP contribution in [0.15, 0.2) is 51.1 Å². The molecule has 0 aromatic heterocycles. The van der Waals surface area contributed by atoms with Gasteiger partial charge in [0.25, 0.3) is 0 Å². The van der Waals surface area contributed by atoms with Gasteiger partial charge in [-0.3, -0.25) is 0 Å². The van der Waals surface area contributed by atoms with Gasteiger partial charge in [-0.15, -0.1) is 0 Å². The van der Waals surface area contributed by atoms with Crippen LogP contribution >= 0.6 is 0 Å². The third-order valence-corrected chi connectivity index (χ3v) is 12.1. The van der Waals surface area contributed by atoms with Gasteiger partial charge in [-0.1, -0.05) is 0 Å². The topological polar surface area (TPSA) is 0 Å². The Labute approximate surface area is 191 Å². The van der Waals surface area contributed by atoms with Crippen molar-refractivity contribution in [1.82, 2.24) is 0 Å². The maximum atomic E-state index is 2.67. The summed E-state index contributed by atoms with van der Waals surface area (Å²) in [5.74, 6) is 0.655. The van der Waals surface area contributed by atoms with Gasteiger partial charge in [0.15, 0.2) is 0 Å². The molecule has 0 amide bonds. The maximum Gasteiger partial charge on any atom is -1.00 e. The van der Waals surface area contributed by atoms with Crippen molar-refractivity contribution in [1.29, 1.82) is 0 Å². The summed E-state index contributed by atoms with van der Waals surface area (Å²) in [6, 6.07) is 11.5. The molecule has 142 valence electrons. The quantitative estimate of drug-likeness (QED) is 0.410. The standard InChI is InChI=1S/C21H29Si.3ClH.Ti/c1-17(2)20-15-10-16-21(20)22(3,18-11-6-4-7-12-18)19-13-8-5-9-14-19;;;;/h4,6-7,11-12,16-17,19H,5,8-10,13-14H2,1-3H3;3*1H;/q;;;;+3/p-3. The van der Waals surface area contributed by atoms with E-state index >= 15 is 0 Å². The minimum atomic E-state index is -1.66. The Kier molecular flexibility index (Phi) is 11.7. The molecule has 26 heavy (non-hydrogen) atoms. The number of hydrogen-bond acceptors (Lipinski definition) is 0. The van der Waals surface area contributed by atoms with Crippen molar-refractivity contribution < 1.29 is 57.7 Å². The van der Waals surface area contributed by atoms with Crippen molar-refractivity contribution in [2.45, 2.75) is 64.5 Å². The van der Waals surface area contributed by atoms with Crippen LogP contribution in [0.4, 0.5) is 0 Å². The van der Waals surface area contributed by atoms with Crippen molar-refractivity contribution >= 4 is 13.3 Å². The molecule has 0 nitrogen and oxygen atoms in total. The Balaban J connectivity index is 0.00000208. The first kappa shape index (κ1) is 26.5. The predicted octanol–water partition coefficient (Wildman–Crippen LogP) is -3.36. The zero-order valence-electron chi connectivity index (χ0n) is 16.0. The van der Waals surface area contributed by atoms with Gasteiger partial charge in [-0.2, -0.15) is 0 Å². The molecule has 1 fully saturated rings. The third kappa shape index (κ3) is 5.10. The fourth-order valence-electron chi connectivity index (χ4n) is 4.81. The van der Waals surface area contributed by atoms with Gasteiger partial charge in [-0.25, -0.2) is 0 Å². The SMILES string of the molecule is CC(C)C1=[C]([Ti+3])CC=C1[Si](C)(c1ccccc1)C1CCCCC1.[Cl-].[Cl-].[Cl-]. The second kappa shape index (κ2) is 11.5. The van der Waals surface area contributed by atoms with Crippen LogP contribution in [0, 0.1) is 5.92 Å². The first-order valence-electron chi connectivity index (χ1n) is 9.26. The molecular formula is C21H29Cl3SiTi. The minimum Gasteiger partial charge on any atom is -1.00 e. The maximum absolute atomic E-state index is 2.67. The van der Waals surface area contributed by atoms with Crippen LogP contribution < -0.4 is 42.4 Å². The normalized spacial score (nSPS) is 19.8. The molecule has 1 saturated carbocycles. The van der Waals surface area contributed by atoms with E-state index in [4.69, 9.17) is 0 Å². The summed E-state index contributed by atoms with van der Waals surface area (Å²) in [5, 5.41) is 3.44. The molecule has 1 unspecified atom stereocenters. The number of benzene rings is 1. The van der Waals surface area contributed by atoms with Crippen LogP contribution in [0.5, 0.6) is 0 Å². The number of hydrogen-bond donors (Lipinski definition) is 0. The van der Waals surface area contributed by atoms with E-state index in [1.165, 1.54) is 38.5 Å². The van der Waals surface area contributed by atoms with Gasteiger partial charge in [0.05, 0.1) is 0 Å². The van der Waals surface area contributed by atoms with E-state index in [0.717, 1.165) is 5.54 Å². The zero-order chi connectivity index (χ0) is 16.4. The van der Waals surface area contributed by atoms with E-state index in [-0.39, 0.29) is 37.2 Å². The van der Waals surface area contributed by atoms with Gasteiger partial charge in [0, 0.05) is 0 Å². The Bertz CT molecular complexity index is 621. The fourth-order valence-corrected chi connectivity index (χ4v) is 11.0. The Hall–Kier alpha value is 0.501. The van der Waals surface area contributed by atoms with Crippen molar-refractivity contribution in [3.63, 3.8) is 0 Å². The molecule has 0 spiro atoms. The van der Waals surface area contributed by atoms with E-state index in [0.29, 0.717) is 5.92 Å². The van der Waals surface area contributed by atoms with Gasteiger partial charge in [0.1, 0.15) is 0 Å². The monoisotopic (exact) mass is 462 g/mol. The third-order valence-electron chi connectivity index (χ3n) is 6.06. The Morgan fingerprint density at radius 2 is 1.54 bits per heavy atom. The molecule has 0 radical (unpaired) electrons. The Morgan fingerprint density at radius 1 is 0.962 bits per heavy atom. The summed E-state index contributed by atoms with van der Waals surface area (Å²) < 4.78 is 1.63. The first-order valence-corrected chi connectivity index (χ1v) is 12.6. The van der Waals surface area contributed by atoms with Crippen LogP contribution in [0.25, 0.3) is 0 Å². The Morgan fingerprint density at radius 3 is 2.08 bits per heavy atom. The van der Waals surface area contributed by atoms with E-state index in [2.05, 4.69) is 77.2 Å². The fraction of sp³-hybridized carbons (Fsp3) is 0.524. The van der Waals surface area contributed by atoms with E-state index in [9.17, 15) is 0 Å². The molecule has 0 aliphatic heterocycles. The molecule has 1 aromatic carbocycles. The molecule has 0 N–H and O–H groups in total. The predicted molar refractivity (Wildman–Crippen MR) is 99.1 cm³/mol. The molecular weight excluding hydrogens is 435 g/mol. The smallest absolute Gasteiger partial charge is 1.00 e. The van der Waals surface area contributed by atoms with Crippen molar-refractivity contribution in [2.75, 3.05) is 0 Å². The molecule has 0 bridgehead atoms. The van der Waals surface area contributed by atoms with Crippen molar-refractivity contribution in [3.05, 3.63) is 51.1 Å². The average Bonchev–Trinajstić information content (AvgIpc) is 2.98. The molecule has 2 aliphatic carbocycles. The molecule has 0 heterocycles. The van der Waals surface area contributed by atoms with E-state index in [1.54, 1.807) is 19.8 Å². The summed E-state index contributed by atoms with van der Waals surface area (Å²) in [4.78, 5) is 0. The minimum absolute atomic E-state index is 0. The molecule has 1 atom stereocenters. The molecule has 1 aromatic rings. The number of allylic oxidation sites excluding steroid dienone is 4. The average molecular weight is 464 g/mol. The number of halogens is 3. The van der Waals surface area contributed by atoms with Crippen molar-refractivity contribution in [3.8, 4) is 0 Å². The summed E-state index contributed by atoms with van der Waals surface area (Å²) in [6.45, 7) is 7.45. The summed E-state index contributed by atoms with van der Waals surface area (Å²) in [6.07, 6.45) is 11.0. The van der Waals surface area contributed by atoms with Crippen LogP contribution in [0.1, 0.15) is 52.4 Å².